The summed E-state index contributed by atoms with van der Waals surface area (Å²) in [4.78, 5) is 71.3. The lowest BCUT2D eigenvalue weighted by atomic mass is 9.99. The van der Waals surface area contributed by atoms with E-state index in [1.807, 2.05) is 24.3 Å². The predicted octanol–water partition coefficient (Wildman–Crippen LogP) is 2.32. The number of carboxylic acid groups (broad SMARTS) is 1. The number of H-pyrrole nitrogens is 2. The molecule has 3 atom stereocenters. The fourth-order valence-corrected chi connectivity index (χ4v) is 4.81. The van der Waals surface area contributed by atoms with E-state index in [4.69, 9.17) is 0 Å². The molecule has 2 aromatic carbocycles. The molecule has 4 rings (SSSR count). The summed E-state index contributed by atoms with van der Waals surface area (Å²) in [6.45, 7) is 6.74. The standard InChI is InChI=1S/C29H33N5O6/c1-15(2)23(26(36)33-24(16(3)4)28(38)39)32-25(35)22(13-17-14-30-20-11-7-5-9-18(17)20)34-27(37)19-10-6-8-12-21(19)31-29(34)40/h5-12,14-16,22-24,30H,13H2,1-4H3,(H,31,40)(H,32,35)(H,33,36)(H,38,39)/t22-,23-,24+/m0/s1. The Bertz CT molecular complexity index is 1680. The van der Waals surface area contributed by atoms with Gasteiger partial charge >= 0.3 is 11.7 Å². The van der Waals surface area contributed by atoms with Crippen molar-refractivity contribution < 1.29 is 19.5 Å². The smallest absolute Gasteiger partial charge is 0.329 e. The second-order valence-electron chi connectivity index (χ2n) is 10.5. The van der Waals surface area contributed by atoms with Crippen molar-refractivity contribution in [2.75, 3.05) is 0 Å². The Morgan fingerprint density at radius 2 is 1.40 bits per heavy atom. The molecule has 210 valence electrons. The van der Waals surface area contributed by atoms with Gasteiger partial charge in [0.25, 0.3) is 5.56 Å². The van der Waals surface area contributed by atoms with Gasteiger partial charge in [-0.1, -0.05) is 58.0 Å². The van der Waals surface area contributed by atoms with Gasteiger partial charge in [-0.05, 0) is 35.6 Å². The van der Waals surface area contributed by atoms with Crippen molar-refractivity contribution in [3.05, 3.63) is 81.1 Å². The Balaban J connectivity index is 1.76. The van der Waals surface area contributed by atoms with Crippen LogP contribution in [0.3, 0.4) is 0 Å². The third-order valence-electron chi connectivity index (χ3n) is 7.02. The van der Waals surface area contributed by atoms with Gasteiger partial charge in [-0.15, -0.1) is 0 Å². The van der Waals surface area contributed by atoms with E-state index in [9.17, 15) is 29.1 Å². The van der Waals surface area contributed by atoms with E-state index in [2.05, 4.69) is 20.6 Å². The van der Waals surface area contributed by atoms with Gasteiger partial charge in [0, 0.05) is 23.5 Å². The molecule has 2 heterocycles. The molecule has 0 aliphatic rings. The lowest BCUT2D eigenvalue weighted by Crippen LogP contribution is -2.56. The summed E-state index contributed by atoms with van der Waals surface area (Å²) in [6, 6.07) is 10.4. The minimum atomic E-state index is -1.31. The van der Waals surface area contributed by atoms with Gasteiger partial charge in [-0.3, -0.25) is 14.4 Å². The predicted molar refractivity (Wildman–Crippen MR) is 151 cm³/mol. The number of para-hydroxylation sites is 2. The fourth-order valence-electron chi connectivity index (χ4n) is 4.81. The van der Waals surface area contributed by atoms with Crippen LogP contribution in [0.25, 0.3) is 21.8 Å². The number of carboxylic acids is 1. The van der Waals surface area contributed by atoms with Crippen LogP contribution in [0, 0.1) is 11.8 Å². The number of rotatable bonds is 10. The Hall–Kier alpha value is -4.67. The first-order chi connectivity index (χ1) is 19.0. The zero-order valence-corrected chi connectivity index (χ0v) is 22.7. The van der Waals surface area contributed by atoms with Crippen molar-refractivity contribution in [2.24, 2.45) is 11.8 Å². The largest absolute Gasteiger partial charge is 0.480 e. The second kappa shape index (κ2) is 11.6. The highest BCUT2D eigenvalue weighted by Gasteiger charge is 2.33. The zero-order chi connectivity index (χ0) is 29.1. The molecule has 40 heavy (non-hydrogen) atoms. The number of nitrogens with zero attached hydrogens (tertiary/aromatic N) is 1. The highest BCUT2D eigenvalue weighted by Crippen LogP contribution is 2.23. The van der Waals surface area contributed by atoms with Gasteiger partial charge in [0.2, 0.25) is 11.8 Å². The molecule has 11 nitrogen and oxygen atoms in total. The maximum atomic E-state index is 13.9. The number of aliphatic carboxylic acids is 1. The van der Waals surface area contributed by atoms with Crippen LogP contribution in [0.1, 0.15) is 39.3 Å². The average molecular weight is 548 g/mol. The van der Waals surface area contributed by atoms with Gasteiger partial charge in [-0.2, -0.15) is 0 Å². The van der Waals surface area contributed by atoms with E-state index in [0.29, 0.717) is 11.1 Å². The molecule has 11 heteroatoms. The number of benzene rings is 2. The van der Waals surface area contributed by atoms with Gasteiger partial charge in [0.1, 0.15) is 18.1 Å². The number of carbonyl (C=O) groups is 3. The maximum absolute atomic E-state index is 13.9. The number of amides is 2. The van der Waals surface area contributed by atoms with Crippen LogP contribution >= 0.6 is 0 Å². The average Bonchev–Trinajstić information content (AvgIpc) is 3.31. The first kappa shape index (κ1) is 28.3. The number of aromatic amines is 2. The Kier molecular flexibility index (Phi) is 8.22. The van der Waals surface area contributed by atoms with Gasteiger partial charge in [-0.25, -0.2) is 14.2 Å². The quantitative estimate of drug-likeness (QED) is 0.204. The van der Waals surface area contributed by atoms with E-state index in [-0.39, 0.29) is 11.8 Å². The molecule has 0 aliphatic carbocycles. The van der Waals surface area contributed by atoms with Crippen molar-refractivity contribution in [1.82, 2.24) is 25.2 Å². The van der Waals surface area contributed by atoms with Crippen LogP contribution < -0.4 is 21.9 Å². The molecule has 0 saturated carbocycles. The normalized spacial score (nSPS) is 13.8. The first-order valence-corrected chi connectivity index (χ1v) is 13.1. The number of hydrogen-bond acceptors (Lipinski definition) is 5. The molecule has 0 aliphatic heterocycles. The molecule has 0 bridgehead atoms. The van der Waals surface area contributed by atoms with Crippen molar-refractivity contribution in [2.45, 2.75) is 52.2 Å². The summed E-state index contributed by atoms with van der Waals surface area (Å²) in [5.41, 5.74) is 0.458. The number of nitrogens with one attached hydrogen (secondary N) is 4. The maximum Gasteiger partial charge on any atom is 0.329 e. The zero-order valence-electron chi connectivity index (χ0n) is 22.7. The molecule has 0 fully saturated rings. The highest BCUT2D eigenvalue weighted by atomic mass is 16.4. The summed E-state index contributed by atoms with van der Waals surface area (Å²) >= 11 is 0. The summed E-state index contributed by atoms with van der Waals surface area (Å²) < 4.78 is 0.878. The number of aromatic nitrogens is 3. The van der Waals surface area contributed by atoms with E-state index in [0.717, 1.165) is 15.5 Å². The molecule has 4 aromatic rings. The van der Waals surface area contributed by atoms with E-state index >= 15 is 0 Å². The minimum absolute atomic E-state index is 0.0205. The van der Waals surface area contributed by atoms with Gasteiger partial charge in [0.05, 0.1) is 10.9 Å². The topological polar surface area (TPSA) is 166 Å². The first-order valence-electron chi connectivity index (χ1n) is 13.1. The third kappa shape index (κ3) is 5.68. The molecule has 2 aromatic heterocycles. The number of hydrogen-bond donors (Lipinski definition) is 5. The Morgan fingerprint density at radius 1 is 0.825 bits per heavy atom. The lowest BCUT2D eigenvalue weighted by molar-refractivity contribution is -0.143. The fraction of sp³-hybridized carbons (Fsp3) is 0.345. The van der Waals surface area contributed by atoms with Crippen molar-refractivity contribution >= 4 is 39.6 Å². The molecule has 5 N–H and O–H groups in total. The SMILES string of the molecule is CC(C)[C@H](NC(=O)[C@H](Cc1c[nH]c2ccccc12)n1c(=O)[nH]c2ccccc2c1=O)C(=O)N[C@@H](C(=O)O)C(C)C. The molecule has 0 radical (unpaired) electrons. The van der Waals surface area contributed by atoms with Crippen LogP contribution in [0.2, 0.25) is 0 Å². The Labute approximate surface area is 229 Å². The van der Waals surface area contributed by atoms with Gasteiger partial charge in [0.15, 0.2) is 0 Å². The molecule has 0 saturated heterocycles. The summed E-state index contributed by atoms with van der Waals surface area (Å²) in [7, 11) is 0. The summed E-state index contributed by atoms with van der Waals surface area (Å²) in [6.07, 6.45) is 1.70. The minimum Gasteiger partial charge on any atom is -0.480 e. The molecular weight excluding hydrogens is 514 g/mol. The molecule has 2 amide bonds. The third-order valence-corrected chi connectivity index (χ3v) is 7.02. The van der Waals surface area contributed by atoms with Crippen LogP contribution in [0.5, 0.6) is 0 Å². The summed E-state index contributed by atoms with van der Waals surface area (Å²) in [5.74, 6) is -3.41. The van der Waals surface area contributed by atoms with Crippen molar-refractivity contribution in [3.8, 4) is 0 Å². The highest BCUT2D eigenvalue weighted by molar-refractivity contribution is 5.92. The van der Waals surface area contributed by atoms with E-state index in [1.54, 1.807) is 58.2 Å². The van der Waals surface area contributed by atoms with Crippen LogP contribution in [-0.4, -0.2) is 49.5 Å². The van der Waals surface area contributed by atoms with Crippen molar-refractivity contribution in [1.29, 1.82) is 0 Å². The Morgan fingerprint density at radius 3 is 2.02 bits per heavy atom. The van der Waals surface area contributed by atoms with E-state index in [1.165, 1.54) is 0 Å². The van der Waals surface area contributed by atoms with E-state index < -0.39 is 59.0 Å². The number of fused-ring (bicyclic) bond motifs is 2. The molecule has 0 unspecified atom stereocenters. The second-order valence-corrected chi connectivity index (χ2v) is 10.5. The lowest BCUT2D eigenvalue weighted by Gasteiger charge is -2.27. The summed E-state index contributed by atoms with van der Waals surface area (Å²) in [5, 5.41) is 15.8. The van der Waals surface area contributed by atoms with Crippen LogP contribution in [0.4, 0.5) is 0 Å². The van der Waals surface area contributed by atoms with Crippen LogP contribution in [-0.2, 0) is 20.8 Å². The molecule has 0 spiro atoms. The van der Waals surface area contributed by atoms with Gasteiger partial charge < -0.3 is 25.7 Å². The van der Waals surface area contributed by atoms with Crippen molar-refractivity contribution in [3.63, 3.8) is 0 Å². The number of carbonyl (C=O) groups excluding carboxylic acids is 2. The molecular formula is C29H33N5O6. The van der Waals surface area contributed by atoms with Crippen LogP contribution in [0.15, 0.2) is 64.3 Å². The monoisotopic (exact) mass is 547 g/mol.